The quantitative estimate of drug-likeness (QED) is 0.766. The van der Waals surface area contributed by atoms with Crippen molar-refractivity contribution < 1.29 is 4.79 Å². The molecule has 2 aliphatic rings. The van der Waals surface area contributed by atoms with E-state index in [-0.39, 0.29) is 5.92 Å². The number of ketones is 1. The number of piperidine rings is 1. The molecule has 0 aliphatic carbocycles. The first-order valence-electron chi connectivity index (χ1n) is 7.58. The summed E-state index contributed by atoms with van der Waals surface area (Å²) in [4.78, 5) is 16.7. The van der Waals surface area contributed by atoms with Gasteiger partial charge in [-0.15, -0.1) is 0 Å². The highest BCUT2D eigenvalue weighted by molar-refractivity contribution is 5.78. The Morgan fingerprint density at radius 2 is 1.61 bits per heavy atom. The number of Topliss-reactive ketones (excluding diaryl/α,β-unsaturated/α-hetero) is 1. The molecular weight excluding hydrogens is 224 g/mol. The van der Waals surface area contributed by atoms with Gasteiger partial charge in [-0.3, -0.25) is 9.69 Å². The topological polar surface area (TPSA) is 23.6 Å². The summed E-state index contributed by atoms with van der Waals surface area (Å²) in [5.41, 5.74) is 0. The van der Waals surface area contributed by atoms with Gasteiger partial charge in [0, 0.05) is 18.0 Å². The zero-order chi connectivity index (χ0) is 13.1. The molecule has 0 radical (unpaired) electrons. The predicted molar refractivity (Wildman–Crippen MR) is 74.7 cm³/mol. The first kappa shape index (κ1) is 14.0. The van der Waals surface area contributed by atoms with Gasteiger partial charge in [0.05, 0.1) is 0 Å². The van der Waals surface area contributed by atoms with E-state index in [1.54, 1.807) is 6.92 Å². The lowest BCUT2D eigenvalue weighted by Gasteiger charge is -2.40. The van der Waals surface area contributed by atoms with Crippen LogP contribution in [0.25, 0.3) is 0 Å². The van der Waals surface area contributed by atoms with E-state index in [2.05, 4.69) is 23.6 Å². The molecule has 2 saturated heterocycles. The van der Waals surface area contributed by atoms with E-state index < -0.39 is 0 Å². The molecule has 2 aliphatic heterocycles. The van der Waals surface area contributed by atoms with E-state index in [9.17, 15) is 4.79 Å². The fourth-order valence-corrected chi connectivity index (χ4v) is 3.42. The average Bonchev–Trinajstić information content (AvgIpc) is 2.91. The fourth-order valence-electron chi connectivity index (χ4n) is 3.42. The number of likely N-dealkylation sites (tertiary alicyclic amines) is 2. The van der Waals surface area contributed by atoms with Crippen molar-refractivity contribution in [3.63, 3.8) is 0 Å². The van der Waals surface area contributed by atoms with Crippen LogP contribution in [-0.2, 0) is 4.79 Å². The predicted octanol–water partition coefficient (Wildman–Crippen LogP) is 2.16. The molecule has 0 aromatic heterocycles. The molecule has 0 spiro atoms. The molecule has 2 rings (SSSR count). The van der Waals surface area contributed by atoms with E-state index in [4.69, 9.17) is 0 Å². The van der Waals surface area contributed by atoms with Crippen LogP contribution in [0.4, 0.5) is 0 Å². The molecule has 0 bridgehead atoms. The van der Waals surface area contributed by atoms with Crippen LogP contribution in [0.1, 0.15) is 46.5 Å². The monoisotopic (exact) mass is 252 g/mol. The van der Waals surface area contributed by atoms with Crippen LogP contribution in [0, 0.1) is 5.92 Å². The summed E-state index contributed by atoms with van der Waals surface area (Å²) in [6.07, 6.45) is 5.35. The van der Waals surface area contributed by atoms with Gasteiger partial charge in [0.1, 0.15) is 5.78 Å². The minimum atomic E-state index is 0.174. The summed E-state index contributed by atoms with van der Waals surface area (Å²) >= 11 is 0. The van der Waals surface area contributed by atoms with Gasteiger partial charge in [-0.25, -0.2) is 0 Å². The minimum absolute atomic E-state index is 0.174. The van der Waals surface area contributed by atoms with Crippen LogP contribution in [0.15, 0.2) is 0 Å². The molecule has 104 valence electrons. The van der Waals surface area contributed by atoms with Crippen LogP contribution in [-0.4, -0.2) is 53.8 Å². The molecule has 0 N–H and O–H groups in total. The maximum atomic E-state index is 11.5. The third-order valence-corrected chi connectivity index (χ3v) is 5.10. The summed E-state index contributed by atoms with van der Waals surface area (Å²) in [5, 5.41) is 0. The van der Waals surface area contributed by atoms with Gasteiger partial charge in [-0.1, -0.05) is 6.92 Å². The number of rotatable bonds is 4. The SMILES string of the molecule is CC(=O)[C@@H](C)[C@H](C)N1CCC(N2CCCC2)CC1. The van der Waals surface area contributed by atoms with Crippen molar-refractivity contribution in [2.24, 2.45) is 5.92 Å². The summed E-state index contributed by atoms with van der Waals surface area (Å²) in [6.45, 7) is 11.0. The van der Waals surface area contributed by atoms with Gasteiger partial charge in [0.25, 0.3) is 0 Å². The Hall–Kier alpha value is -0.410. The summed E-state index contributed by atoms with van der Waals surface area (Å²) in [5.74, 6) is 0.498. The number of hydrogen-bond donors (Lipinski definition) is 0. The Morgan fingerprint density at radius 3 is 2.11 bits per heavy atom. The zero-order valence-electron chi connectivity index (χ0n) is 12.2. The molecule has 0 saturated carbocycles. The number of hydrogen-bond acceptors (Lipinski definition) is 3. The Kier molecular flexibility index (Phi) is 4.79. The van der Waals surface area contributed by atoms with Crippen LogP contribution >= 0.6 is 0 Å². The molecule has 0 amide bonds. The van der Waals surface area contributed by atoms with Crippen LogP contribution < -0.4 is 0 Å². The lowest BCUT2D eigenvalue weighted by atomic mass is 9.94. The zero-order valence-corrected chi connectivity index (χ0v) is 12.2. The molecule has 18 heavy (non-hydrogen) atoms. The molecule has 3 nitrogen and oxygen atoms in total. The van der Waals surface area contributed by atoms with Crippen molar-refractivity contribution >= 4 is 5.78 Å². The fraction of sp³-hybridized carbons (Fsp3) is 0.933. The third kappa shape index (κ3) is 3.12. The molecule has 2 atom stereocenters. The minimum Gasteiger partial charge on any atom is -0.300 e. The van der Waals surface area contributed by atoms with Gasteiger partial charge in [0.15, 0.2) is 0 Å². The number of carbonyl (C=O) groups is 1. The molecule has 0 aromatic carbocycles. The van der Waals surface area contributed by atoms with Gasteiger partial charge in [-0.05, 0) is 65.7 Å². The maximum Gasteiger partial charge on any atom is 0.134 e. The number of nitrogens with zero attached hydrogens (tertiary/aromatic N) is 2. The van der Waals surface area contributed by atoms with Crippen LogP contribution in [0.2, 0.25) is 0 Å². The van der Waals surface area contributed by atoms with Crippen molar-refractivity contribution in [3.05, 3.63) is 0 Å². The third-order valence-electron chi connectivity index (χ3n) is 5.10. The highest BCUT2D eigenvalue weighted by Gasteiger charge is 2.30. The first-order chi connectivity index (χ1) is 8.59. The van der Waals surface area contributed by atoms with Crippen molar-refractivity contribution in [3.8, 4) is 0 Å². The lowest BCUT2D eigenvalue weighted by Crippen LogP contribution is -2.49. The van der Waals surface area contributed by atoms with E-state index >= 15 is 0 Å². The van der Waals surface area contributed by atoms with Crippen LogP contribution in [0.3, 0.4) is 0 Å². The second kappa shape index (κ2) is 6.16. The number of carbonyl (C=O) groups excluding carboxylic acids is 1. The van der Waals surface area contributed by atoms with Gasteiger partial charge in [-0.2, -0.15) is 0 Å². The van der Waals surface area contributed by atoms with E-state index in [1.807, 2.05) is 0 Å². The first-order valence-corrected chi connectivity index (χ1v) is 7.58. The Labute approximate surface area is 112 Å². The van der Waals surface area contributed by atoms with E-state index in [0.717, 1.165) is 6.04 Å². The molecule has 0 unspecified atom stereocenters. The summed E-state index contributed by atoms with van der Waals surface area (Å²) in [6, 6.07) is 1.21. The van der Waals surface area contributed by atoms with Gasteiger partial charge in [0.2, 0.25) is 0 Å². The highest BCUT2D eigenvalue weighted by Crippen LogP contribution is 2.24. The maximum absolute atomic E-state index is 11.5. The van der Waals surface area contributed by atoms with E-state index in [0.29, 0.717) is 11.8 Å². The van der Waals surface area contributed by atoms with Crippen molar-refractivity contribution in [2.75, 3.05) is 26.2 Å². The molecular formula is C15H28N2O. The molecule has 2 heterocycles. The van der Waals surface area contributed by atoms with Crippen molar-refractivity contribution in [2.45, 2.75) is 58.5 Å². The Morgan fingerprint density at radius 1 is 1.06 bits per heavy atom. The Balaban J connectivity index is 1.80. The standard InChI is InChI=1S/C15H28N2O/c1-12(14(3)18)13(2)16-10-6-15(7-11-16)17-8-4-5-9-17/h12-13,15H,4-11H2,1-3H3/t12-,13-/m0/s1. The van der Waals surface area contributed by atoms with Crippen molar-refractivity contribution in [1.29, 1.82) is 0 Å². The Bertz CT molecular complexity index is 278. The molecule has 3 heteroatoms. The summed E-state index contributed by atoms with van der Waals surface area (Å²) in [7, 11) is 0. The lowest BCUT2D eigenvalue weighted by molar-refractivity contribution is -0.122. The largest absolute Gasteiger partial charge is 0.300 e. The highest BCUT2D eigenvalue weighted by atomic mass is 16.1. The normalized spacial score (nSPS) is 27.3. The second-order valence-electron chi connectivity index (χ2n) is 6.15. The van der Waals surface area contributed by atoms with Gasteiger partial charge >= 0.3 is 0 Å². The second-order valence-corrected chi connectivity index (χ2v) is 6.15. The van der Waals surface area contributed by atoms with Crippen molar-refractivity contribution in [1.82, 2.24) is 9.80 Å². The molecule has 2 fully saturated rings. The van der Waals surface area contributed by atoms with Crippen LogP contribution in [0.5, 0.6) is 0 Å². The molecule has 0 aromatic rings. The summed E-state index contributed by atoms with van der Waals surface area (Å²) < 4.78 is 0. The van der Waals surface area contributed by atoms with Gasteiger partial charge < -0.3 is 4.90 Å². The smallest absolute Gasteiger partial charge is 0.134 e. The average molecular weight is 252 g/mol. The van der Waals surface area contributed by atoms with E-state index in [1.165, 1.54) is 51.9 Å².